The Bertz CT molecular complexity index is 520. The number of benzene rings is 1. The SMILES string of the molecule is N#CCCS(=O)(=O)Cc1ccc(Br)c(Br)c1. The molecule has 0 N–H and O–H groups in total. The highest BCUT2D eigenvalue weighted by Crippen LogP contribution is 2.24. The van der Waals surface area contributed by atoms with Crippen molar-refractivity contribution in [2.75, 3.05) is 5.75 Å². The van der Waals surface area contributed by atoms with Crippen molar-refractivity contribution in [3.63, 3.8) is 0 Å². The fourth-order valence-electron chi connectivity index (χ4n) is 1.16. The minimum atomic E-state index is -3.19. The lowest BCUT2D eigenvalue weighted by Gasteiger charge is -2.04. The van der Waals surface area contributed by atoms with Crippen LogP contribution in [0.3, 0.4) is 0 Å². The lowest BCUT2D eigenvalue weighted by molar-refractivity contribution is 0.595. The standard InChI is InChI=1S/C10H9Br2NO2S/c11-9-3-2-8(6-10(9)12)7-16(14,15)5-1-4-13/h2-3,6H,1,5,7H2. The first-order chi connectivity index (χ1) is 7.44. The predicted molar refractivity (Wildman–Crippen MR) is 69.6 cm³/mol. The number of hydrogen-bond donors (Lipinski definition) is 0. The summed E-state index contributed by atoms with van der Waals surface area (Å²) in [5.74, 6) is -0.113. The van der Waals surface area contributed by atoms with Gasteiger partial charge in [0.25, 0.3) is 0 Å². The average molecular weight is 367 g/mol. The molecule has 0 bridgehead atoms. The second-order valence-corrected chi connectivity index (χ2v) is 7.14. The fraction of sp³-hybridized carbons (Fsp3) is 0.300. The van der Waals surface area contributed by atoms with Gasteiger partial charge in [-0.1, -0.05) is 6.07 Å². The summed E-state index contributed by atoms with van der Waals surface area (Å²) < 4.78 is 24.9. The Hall–Kier alpha value is -0.380. The van der Waals surface area contributed by atoms with Gasteiger partial charge in [0.15, 0.2) is 9.84 Å². The van der Waals surface area contributed by atoms with Crippen LogP contribution in [0.4, 0.5) is 0 Å². The van der Waals surface area contributed by atoms with E-state index in [4.69, 9.17) is 5.26 Å². The Morgan fingerprint density at radius 2 is 1.94 bits per heavy atom. The van der Waals surface area contributed by atoms with E-state index in [9.17, 15) is 8.42 Å². The van der Waals surface area contributed by atoms with Crippen LogP contribution in [0.1, 0.15) is 12.0 Å². The van der Waals surface area contributed by atoms with Crippen LogP contribution in [0.5, 0.6) is 0 Å². The predicted octanol–water partition coefficient (Wildman–Crippen LogP) is 3.04. The van der Waals surface area contributed by atoms with Crippen molar-refractivity contribution in [2.24, 2.45) is 0 Å². The van der Waals surface area contributed by atoms with Crippen LogP contribution >= 0.6 is 31.9 Å². The molecule has 6 heteroatoms. The van der Waals surface area contributed by atoms with Crippen LogP contribution in [0.2, 0.25) is 0 Å². The zero-order valence-corrected chi connectivity index (χ0v) is 12.3. The minimum Gasteiger partial charge on any atom is -0.228 e. The van der Waals surface area contributed by atoms with E-state index in [0.29, 0.717) is 5.56 Å². The van der Waals surface area contributed by atoms with E-state index in [0.717, 1.165) is 8.95 Å². The largest absolute Gasteiger partial charge is 0.228 e. The van der Waals surface area contributed by atoms with Crippen LogP contribution in [-0.2, 0) is 15.6 Å². The number of halogens is 2. The molecule has 0 aromatic heterocycles. The molecule has 0 aliphatic heterocycles. The number of hydrogen-bond acceptors (Lipinski definition) is 3. The smallest absolute Gasteiger partial charge is 0.155 e. The van der Waals surface area contributed by atoms with Crippen molar-refractivity contribution in [1.29, 1.82) is 5.26 Å². The highest BCUT2D eigenvalue weighted by molar-refractivity contribution is 9.13. The van der Waals surface area contributed by atoms with Gasteiger partial charge in [0.05, 0.1) is 17.6 Å². The number of sulfone groups is 1. The summed E-state index contributed by atoms with van der Waals surface area (Å²) in [4.78, 5) is 0. The molecule has 0 radical (unpaired) electrons. The summed E-state index contributed by atoms with van der Waals surface area (Å²) in [5.41, 5.74) is 0.716. The molecule has 1 aromatic rings. The van der Waals surface area contributed by atoms with Gasteiger partial charge in [-0.2, -0.15) is 5.26 Å². The fourth-order valence-corrected chi connectivity index (χ4v) is 3.06. The van der Waals surface area contributed by atoms with Gasteiger partial charge in [-0.05, 0) is 49.6 Å². The molecule has 86 valence electrons. The molecule has 0 aliphatic rings. The van der Waals surface area contributed by atoms with Gasteiger partial charge < -0.3 is 0 Å². The van der Waals surface area contributed by atoms with E-state index >= 15 is 0 Å². The highest BCUT2D eigenvalue weighted by Gasteiger charge is 2.12. The Kier molecular flexibility index (Phi) is 4.96. The van der Waals surface area contributed by atoms with Crippen LogP contribution < -0.4 is 0 Å². The monoisotopic (exact) mass is 365 g/mol. The zero-order chi connectivity index (χ0) is 12.2. The van der Waals surface area contributed by atoms with Crippen molar-refractivity contribution in [3.8, 4) is 6.07 Å². The topological polar surface area (TPSA) is 57.9 Å². The number of nitrogens with zero attached hydrogens (tertiary/aromatic N) is 1. The van der Waals surface area contributed by atoms with E-state index < -0.39 is 9.84 Å². The van der Waals surface area contributed by atoms with E-state index in [1.54, 1.807) is 18.2 Å². The summed E-state index contributed by atoms with van der Waals surface area (Å²) in [6.07, 6.45) is 0.0417. The average Bonchev–Trinajstić information content (AvgIpc) is 2.20. The molecule has 1 aromatic carbocycles. The first-order valence-corrected chi connectivity index (χ1v) is 7.86. The summed E-state index contributed by atoms with van der Waals surface area (Å²) in [5, 5.41) is 8.35. The molecule has 16 heavy (non-hydrogen) atoms. The van der Waals surface area contributed by atoms with Gasteiger partial charge in [-0.3, -0.25) is 0 Å². The van der Waals surface area contributed by atoms with E-state index in [1.165, 1.54) is 0 Å². The second kappa shape index (κ2) is 5.80. The van der Waals surface area contributed by atoms with Crippen LogP contribution in [0, 0.1) is 11.3 Å². The molecule has 0 heterocycles. The van der Waals surface area contributed by atoms with Gasteiger partial charge in [-0.25, -0.2) is 8.42 Å². The quantitative estimate of drug-likeness (QED) is 0.822. The Labute approximate surface area is 112 Å². The maximum Gasteiger partial charge on any atom is 0.155 e. The van der Waals surface area contributed by atoms with Crippen molar-refractivity contribution < 1.29 is 8.42 Å². The van der Waals surface area contributed by atoms with Crippen LogP contribution in [-0.4, -0.2) is 14.2 Å². The first-order valence-electron chi connectivity index (χ1n) is 4.46. The molecule has 1 rings (SSSR count). The summed E-state index contributed by atoms with van der Waals surface area (Å²) in [6, 6.07) is 7.13. The Balaban J connectivity index is 2.81. The lowest BCUT2D eigenvalue weighted by Crippen LogP contribution is -2.08. The molecule has 0 saturated carbocycles. The zero-order valence-electron chi connectivity index (χ0n) is 8.28. The molecule has 0 atom stereocenters. The summed E-state index contributed by atoms with van der Waals surface area (Å²) in [6.45, 7) is 0. The Morgan fingerprint density at radius 1 is 1.25 bits per heavy atom. The van der Waals surface area contributed by atoms with Crippen molar-refractivity contribution in [3.05, 3.63) is 32.7 Å². The number of nitriles is 1. The van der Waals surface area contributed by atoms with Gasteiger partial charge in [0.2, 0.25) is 0 Å². The summed E-state index contributed by atoms with van der Waals surface area (Å²) >= 11 is 6.62. The third-order valence-corrected chi connectivity index (χ3v) is 5.37. The second-order valence-electron chi connectivity index (χ2n) is 3.25. The molecular weight excluding hydrogens is 358 g/mol. The maximum atomic E-state index is 11.6. The summed E-state index contributed by atoms with van der Waals surface area (Å²) in [7, 11) is -3.19. The molecule has 0 unspecified atom stereocenters. The minimum absolute atomic E-state index is 0.0272. The van der Waals surface area contributed by atoms with Gasteiger partial charge in [0.1, 0.15) is 0 Å². The number of rotatable bonds is 4. The van der Waals surface area contributed by atoms with E-state index in [1.807, 2.05) is 6.07 Å². The molecule has 3 nitrogen and oxygen atoms in total. The molecule has 0 spiro atoms. The normalized spacial score (nSPS) is 11.1. The molecule has 0 saturated heterocycles. The first kappa shape index (κ1) is 13.7. The van der Waals surface area contributed by atoms with E-state index in [2.05, 4.69) is 31.9 Å². The van der Waals surface area contributed by atoms with Crippen LogP contribution in [0.15, 0.2) is 27.1 Å². The Morgan fingerprint density at radius 3 is 2.50 bits per heavy atom. The van der Waals surface area contributed by atoms with Crippen molar-refractivity contribution >= 4 is 41.7 Å². The highest BCUT2D eigenvalue weighted by atomic mass is 79.9. The third-order valence-electron chi connectivity index (χ3n) is 1.90. The molecule has 0 fully saturated rings. The van der Waals surface area contributed by atoms with E-state index in [-0.39, 0.29) is 17.9 Å². The van der Waals surface area contributed by atoms with Crippen molar-refractivity contribution in [1.82, 2.24) is 0 Å². The van der Waals surface area contributed by atoms with Crippen LogP contribution in [0.25, 0.3) is 0 Å². The maximum absolute atomic E-state index is 11.6. The van der Waals surface area contributed by atoms with Gasteiger partial charge in [0, 0.05) is 15.4 Å². The van der Waals surface area contributed by atoms with Crippen molar-refractivity contribution in [2.45, 2.75) is 12.2 Å². The third kappa shape index (κ3) is 4.24. The lowest BCUT2D eigenvalue weighted by atomic mass is 10.2. The molecular formula is C10H9Br2NO2S. The molecule has 0 amide bonds. The molecule has 0 aliphatic carbocycles. The van der Waals surface area contributed by atoms with Gasteiger partial charge >= 0.3 is 0 Å². The van der Waals surface area contributed by atoms with Gasteiger partial charge in [-0.15, -0.1) is 0 Å².